The molecule has 2 aliphatic rings. The van der Waals surface area contributed by atoms with E-state index in [0.29, 0.717) is 18.6 Å². The van der Waals surface area contributed by atoms with Crippen LogP contribution < -0.4 is 5.56 Å². The Bertz CT molecular complexity index is 987. The van der Waals surface area contributed by atoms with Gasteiger partial charge in [-0.3, -0.25) is 9.69 Å². The molecular weight excluding hydrogens is 352 g/mol. The van der Waals surface area contributed by atoms with Crippen molar-refractivity contribution in [3.05, 3.63) is 46.2 Å². The van der Waals surface area contributed by atoms with Crippen LogP contribution >= 0.6 is 0 Å². The zero-order valence-corrected chi connectivity index (χ0v) is 16.4. The molecule has 3 heterocycles. The molecule has 0 radical (unpaired) electrons. The van der Waals surface area contributed by atoms with Crippen molar-refractivity contribution in [2.75, 3.05) is 6.54 Å². The summed E-state index contributed by atoms with van der Waals surface area (Å²) < 4.78 is 7.49. The van der Waals surface area contributed by atoms with E-state index in [1.165, 1.54) is 0 Å². The molecule has 0 N–H and O–H groups in total. The van der Waals surface area contributed by atoms with Gasteiger partial charge in [0, 0.05) is 31.0 Å². The van der Waals surface area contributed by atoms with Gasteiger partial charge in [0.05, 0.1) is 12.1 Å². The van der Waals surface area contributed by atoms with E-state index in [4.69, 9.17) is 11.2 Å². The molecule has 0 aliphatic carbocycles. The lowest BCUT2D eigenvalue weighted by molar-refractivity contribution is -0.00322. The van der Waals surface area contributed by atoms with Gasteiger partial charge in [0.25, 0.3) is 5.56 Å². The van der Waals surface area contributed by atoms with Crippen molar-refractivity contribution in [3.63, 3.8) is 0 Å². The predicted molar refractivity (Wildman–Crippen MR) is 109 cm³/mol. The van der Waals surface area contributed by atoms with Crippen LogP contribution in [0.2, 0.25) is 0 Å². The van der Waals surface area contributed by atoms with Crippen molar-refractivity contribution in [1.29, 1.82) is 0 Å². The molecular formula is C23H26N2O3. The van der Waals surface area contributed by atoms with Crippen LogP contribution in [0.4, 0.5) is 0 Å². The van der Waals surface area contributed by atoms with E-state index in [2.05, 4.69) is 10.8 Å². The first-order valence-corrected chi connectivity index (χ1v) is 10.0. The zero-order valence-electron chi connectivity index (χ0n) is 16.4. The van der Waals surface area contributed by atoms with Gasteiger partial charge in [0.2, 0.25) is 0 Å². The number of terminal acetylenes is 1. The van der Waals surface area contributed by atoms with Gasteiger partial charge in [0.1, 0.15) is 11.7 Å². The number of aromatic nitrogens is 1. The topological polar surface area (TPSA) is 51.5 Å². The number of hydrogen-bond acceptors (Lipinski definition) is 4. The Labute approximate surface area is 165 Å². The number of carbonyl (C=O) groups excluding carboxylic acids is 1. The Morgan fingerprint density at radius 2 is 1.93 bits per heavy atom. The predicted octanol–water partition coefficient (Wildman–Crippen LogP) is 3.37. The lowest BCUT2D eigenvalue weighted by Gasteiger charge is -2.37. The normalized spacial score (nSPS) is 24.4. The second-order valence-corrected chi connectivity index (χ2v) is 8.15. The van der Waals surface area contributed by atoms with Gasteiger partial charge in [-0.25, -0.2) is 4.79 Å². The summed E-state index contributed by atoms with van der Waals surface area (Å²) in [5.41, 5.74) is 0.664. The summed E-state index contributed by atoms with van der Waals surface area (Å²) >= 11 is 0. The highest BCUT2D eigenvalue weighted by Crippen LogP contribution is 2.36. The summed E-state index contributed by atoms with van der Waals surface area (Å²) in [5.74, 6) is 2.22. The first kappa shape index (κ1) is 18.8. The number of hydrogen-bond donors (Lipinski definition) is 0. The van der Waals surface area contributed by atoms with E-state index in [9.17, 15) is 9.59 Å². The molecule has 2 saturated heterocycles. The highest BCUT2D eigenvalue weighted by Gasteiger charge is 2.41. The summed E-state index contributed by atoms with van der Waals surface area (Å²) in [5, 5.41) is 0.867. The third-order valence-electron chi connectivity index (χ3n) is 6.07. The van der Waals surface area contributed by atoms with Crippen LogP contribution in [0.15, 0.2) is 35.1 Å². The maximum absolute atomic E-state index is 13.0. The Morgan fingerprint density at radius 3 is 2.57 bits per heavy atom. The van der Waals surface area contributed by atoms with Crippen molar-refractivity contribution >= 4 is 16.9 Å². The van der Waals surface area contributed by atoms with Crippen molar-refractivity contribution in [3.8, 4) is 12.3 Å². The third-order valence-corrected chi connectivity index (χ3v) is 6.07. The molecule has 2 aliphatic heterocycles. The molecule has 1 aromatic heterocycles. The summed E-state index contributed by atoms with van der Waals surface area (Å²) in [6.45, 7) is 4.55. The van der Waals surface area contributed by atoms with Crippen molar-refractivity contribution in [1.82, 2.24) is 9.47 Å². The molecule has 4 rings (SSSR count). The minimum atomic E-state index is -0.514. The Balaban J connectivity index is 1.60. The number of nitrogens with zero attached hydrogens (tertiary/aromatic N) is 2. The number of rotatable bonds is 4. The molecule has 2 aromatic rings. The average molecular weight is 378 g/mol. The molecule has 1 aromatic carbocycles. The van der Waals surface area contributed by atoms with Crippen LogP contribution in [-0.2, 0) is 4.74 Å². The van der Waals surface area contributed by atoms with Crippen molar-refractivity contribution < 1.29 is 9.53 Å². The summed E-state index contributed by atoms with van der Waals surface area (Å²) in [7, 11) is 0. The van der Waals surface area contributed by atoms with Gasteiger partial charge in [-0.1, -0.05) is 24.1 Å². The van der Waals surface area contributed by atoms with Gasteiger partial charge in [0.15, 0.2) is 0 Å². The van der Waals surface area contributed by atoms with Crippen molar-refractivity contribution in [2.24, 2.45) is 0 Å². The van der Waals surface area contributed by atoms with E-state index in [0.717, 1.165) is 36.6 Å². The number of fused-ring (bicyclic) bond motifs is 3. The van der Waals surface area contributed by atoms with Crippen LogP contribution in [0.25, 0.3) is 10.9 Å². The smallest absolute Gasteiger partial charge is 0.344 e. The maximum atomic E-state index is 13.0. The highest BCUT2D eigenvalue weighted by atomic mass is 16.5. The Hall–Kier alpha value is -2.58. The van der Waals surface area contributed by atoms with Crippen LogP contribution in [-0.4, -0.2) is 40.2 Å². The lowest BCUT2D eigenvalue weighted by atomic mass is 9.99. The minimum absolute atomic E-state index is 0.0482. The minimum Gasteiger partial charge on any atom is -0.459 e. The zero-order chi connectivity index (χ0) is 19.8. The first-order chi connectivity index (χ1) is 13.5. The molecule has 5 nitrogen and oxygen atoms in total. The molecule has 0 amide bonds. The largest absolute Gasteiger partial charge is 0.459 e. The summed E-state index contributed by atoms with van der Waals surface area (Å²) in [4.78, 5) is 28.3. The molecule has 0 saturated carbocycles. The van der Waals surface area contributed by atoms with E-state index in [-0.39, 0.29) is 23.3 Å². The van der Waals surface area contributed by atoms with E-state index in [1.54, 1.807) is 10.6 Å². The van der Waals surface area contributed by atoms with Gasteiger partial charge in [-0.15, -0.1) is 6.42 Å². The Kier molecular flexibility index (Phi) is 4.99. The van der Waals surface area contributed by atoms with E-state index < -0.39 is 5.97 Å². The molecule has 2 unspecified atom stereocenters. The van der Waals surface area contributed by atoms with E-state index >= 15 is 0 Å². The molecule has 146 valence electrons. The van der Waals surface area contributed by atoms with Crippen molar-refractivity contribution in [2.45, 2.75) is 63.8 Å². The van der Waals surface area contributed by atoms with E-state index in [1.807, 2.05) is 38.1 Å². The maximum Gasteiger partial charge on any atom is 0.344 e. The summed E-state index contributed by atoms with van der Waals surface area (Å²) in [6, 6.07) is 10.00. The molecule has 2 bridgehead atoms. The number of esters is 1. The molecule has 5 heteroatoms. The van der Waals surface area contributed by atoms with Gasteiger partial charge >= 0.3 is 5.97 Å². The van der Waals surface area contributed by atoms with Gasteiger partial charge in [-0.05, 0) is 44.2 Å². The number of pyridine rings is 1. The highest BCUT2D eigenvalue weighted by molar-refractivity contribution is 5.94. The first-order valence-electron chi connectivity index (χ1n) is 10.0. The quantitative estimate of drug-likeness (QED) is 0.605. The lowest BCUT2D eigenvalue weighted by Crippen LogP contribution is -2.46. The Morgan fingerprint density at radius 1 is 1.25 bits per heavy atom. The number of carbonyl (C=O) groups is 1. The molecule has 0 spiro atoms. The fourth-order valence-corrected chi connectivity index (χ4v) is 4.84. The summed E-state index contributed by atoms with van der Waals surface area (Å²) in [6.07, 6.45) is 9.10. The fourth-order valence-electron chi connectivity index (χ4n) is 4.84. The monoisotopic (exact) mass is 378 g/mol. The number of para-hydroxylation sites is 1. The van der Waals surface area contributed by atoms with Gasteiger partial charge < -0.3 is 9.30 Å². The van der Waals surface area contributed by atoms with Crippen LogP contribution in [0.1, 0.15) is 55.9 Å². The standard InChI is InChI=1S/C23H26N2O3/c1-4-11-24-17-9-10-18(24)14-19(13-17)28-23(27)20-12-16-7-5-6-8-21(16)25(15(2)3)22(20)26/h1,5-8,12,15,17-19H,9-11,13-14H2,2-3H3. The van der Waals surface area contributed by atoms with Gasteiger partial charge in [-0.2, -0.15) is 0 Å². The van der Waals surface area contributed by atoms with Crippen LogP contribution in [0.5, 0.6) is 0 Å². The molecule has 28 heavy (non-hydrogen) atoms. The van der Waals surface area contributed by atoms with Crippen LogP contribution in [0, 0.1) is 12.3 Å². The number of benzene rings is 1. The average Bonchev–Trinajstić information content (AvgIpc) is 2.90. The molecule has 2 atom stereocenters. The SMILES string of the molecule is C#CCN1C2CCC1CC(OC(=O)c1cc3ccccc3n(C(C)C)c1=O)C2. The number of ether oxygens (including phenoxy) is 1. The second kappa shape index (κ2) is 7.44. The second-order valence-electron chi connectivity index (χ2n) is 8.15. The number of piperidine rings is 1. The molecule has 2 fully saturated rings. The third kappa shape index (κ3) is 3.22. The fraction of sp³-hybridized carbons (Fsp3) is 0.478. The van der Waals surface area contributed by atoms with Crippen LogP contribution in [0.3, 0.4) is 0 Å².